The molecule has 1 heterocycles. The zero-order valence-electron chi connectivity index (χ0n) is 13.6. The number of hydrogen-bond donors (Lipinski definition) is 0. The summed E-state index contributed by atoms with van der Waals surface area (Å²) in [5, 5.41) is 0. The third kappa shape index (κ3) is 5.68. The van der Waals surface area contributed by atoms with E-state index in [1.54, 1.807) is 23.4 Å². The number of nitrogens with zero attached hydrogens (tertiary/aromatic N) is 2. The predicted octanol–water partition coefficient (Wildman–Crippen LogP) is 2.69. The van der Waals surface area contributed by atoms with Gasteiger partial charge in [0.15, 0.2) is 0 Å². The number of hydrogen-bond acceptors (Lipinski definition) is 4. The average molecular weight is 324 g/mol. The minimum Gasteiger partial charge on any atom is -0.469 e. The highest BCUT2D eigenvalue weighted by Gasteiger charge is 2.13. The molecule has 0 unspecified atom stereocenters. The van der Waals surface area contributed by atoms with Crippen molar-refractivity contribution in [3.05, 3.63) is 72.1 Å². The number of esters is 1. The molecule has 0 radical (unpaired) electrons. The number of benzene rings is 1. The number of methoxy groups -OCH3 is 1. The molecule has 24 heavy (non-hydrogen) atoms. The van der Waals surface area contributed by atoms with Crippen molar-refractivity contribution in [2.45, 2.75) is 13.0 Å². The van der Waals surface area contributed by atoms with E-state index in [4.69, 9.17) is 0 Å². The SMILES string of the molecule is COC(=O)CCN(Cc1ccncc1)C(=O)/C=C/c1ccccc1. The lowest BCUT2D eigenvalue weighted by Crippen LogP contribution is -2.31. The molecule has 5 nitrogen and oxygen atoms in total. The van der Waals surface area contributed by atoms with E-state index < -0.39 is 0 Å². The average Bonchev–Trinajstić information content (AvgIpc) is 2.64. The van der Waals surface area contributed by atoms with Gasteiger partial charge < -0.3 is 9.64 Å². The van der Waals surface area contributed by atoms with Crippen molar-refractivity contribution in [2.75, 3.05) is 13.7 Å². The molecule has 0 atom stereocenters. The molecule has 1 aromatic carbocycles. The zero-order chi connectivity index (χ0) is 17.2. The number of aromatic nitrogens is 1. The Kier molecular flexibility index (Phi) is 6.71. The fourth-order valence-corrected chi connectivity index (χ4v) is 2.14. The van der Waals surface area contributed by atoms with Gasteiger partial charge in [-0.1, -0.05) is 30.3 Å². The van der Waals surface area contributed by atoms with Crippen LogP contribution in [0.5, 0.6) is 0 Å². The van der Waals surface area contributed by atoms with Gasteiger partial charge in [0.05, 0.1) is 13.5 Å². The lowest BCUT2D eigenvalue weighted by molar-refractivity contribution is -0.141. The maximum Gasteiger partial charge on any atom is 0.307 e. The molecule has 0 aliphatic heterocycles. The molecule has 1 aromatic heterocycles. The summed E-state index contributed by atoms with van der Waals surface area (Å²) in [6.07, 6.45) is 6.80. The topological polar surface area (TPSA) is 59.5 Å². The monoisotopic (exact) mass is 324 g/mol. The summed E-state index contributed by atoms with van der Waals surface area (Å²) in [5.41, 5.74) is 1.90. The maximum atomic E-state index is 12.5. The van der Waals surface area contributed by atoms with Crippen molar-refractivity contribution in [1.29, 1.82) is 0 Å². The fourth-order valence-electron chi connectivity index (χ4n) is 2.14. The van der Waals surface area contributed by atoms with E-state index in [0.717, 1.165) is 11.1 Å². The number of carbonyl (C=O) groups excluding carboxylic acids is 2. The number of amides is 1. The Labute approximate surface area is 141 Å². The molecule has 0 aliphatic carbocycles. The van der Waals surface area contributed by atoms with Crippen LogP contribution in [0.2, 0.25) is 0 Å². The van der Waals surface area contributed by atoms with Crippen LogP contribution in [0.25, 0.3) is 6.08 Å². The molecule has 2 aromatic rings. The first kappa shape index (κ1) is 17.4. The zero-order valence-corrected chi connectivity index (χ0v) is 13.6. The van der Waals surface area contributed by atoms with E-state index in [-0.39, 0.29) is 18.3 Å². The summed E-state index contributed by atoms with van der Waals surface area (Å²) in [5.74, 6) is -0.492. The van der Waals surface area contributed by atoms with Crippen LogP contribution in [-0.4, -0.2) is 35.4 Å². The molecule has 1 amide bonds. The molecule has 0 saturated heterocycles. The Morgan fingerprint density at radius 2 is 1.83 bits per heavy atom. The summed E-state index contributed by atoms with van der Waals surface area (Å²) < 4.78 is 4.65. The summed E-state index contributed by atoms with van der Waals surface area (Å²) in [4.78, 5) is 29.5. The Bertz CT molecular complexity index is 684. The molecule has 124 valence electrons. The van der Waals surface area contributed by atoms with Crippen LogP contribution in [0.3, 0.4) is 0 Å². The first-order valence-corrected chi connectivity index (χ1v) is 7.67. The molecular weight excluding hydrogens is 304 g/mol. The van der Waals surface area contributed by atoms with Crippen LogP contribution in [0.15, 0.2) is 60.9 Å². The smallest absolute Gasteiger partial charge is 0.307 e. The van der Waals surface area contributed by atoms with Gasteiger partial charge in [0.25, 0.3) is 0 Å². The summed E-state index contributed by atoms with van der Waals surface area (Å²) in [7, 11) is 1.34. The molecule has 0 saturated carbocycles. The van der Waals surface area contributed by atoms with Crippen molar-refractivity contribution >= 4 is 18.0 Å². The van der Waals surface area contributed by atoms with E-state index in [2.05, 4.69) is 9.72 Å². The van der Waals surface area contributed by atoms with Crippen molar-refractivity contribution < 1.29 is 14.3 Å². The Morgan fingerprint density at radius 1 is 1.12 bits per heavy atom. The molecule has 0 bridgehead atoms. The maximum absolute atomic E-state index is 12.5. The highest BCUT2D eigenvalue weighted by molar-refractivity contribution is 5.92. The van der Waals surface area contributed by atoms with E-state index in [0.29, 0.717) is 13.1 Å². The standard InChI is InChI=1S/C19H20N2O3/c1-24-19(23)11-14-21(15-17-9-12-20-13-10-17)18(22)8-7-16-5-3-2-4-6-16/h2-10,12-13H,11,14-15H2,1H3/b8-7+. The van der Waals surface area contributed by atoms with Gasteiger partial charge in [-0.2, -0.15) is 0 Å². The third-order valence-corrected chi connectivity index (χ3v) is 3.47. The molecule has 0 N–H and O–H groups in total. The molecular formula is C19H20N2O3. The summed E-state index contributed by atoms with van der Waals surface area (Å²) in [6.45, 7) is 0.713. The van der Waals surface area contributed by atoms with Gasteiger partial charge in [-0.15, -0.1) is 0 Å². The van der Waals surface area contributed by atoms with Gasteiger partial charge in [0.1, 0.15) is 0 Å². The van der Waals surface area contributed by atoms with E-state index in [1.807, 2.05) is 42.5 Å². The summed E-state index contributed by atoms with van der Waals surface area (Å²) >= 11 is 0. The van der Waals surface area contributed by atoms with Gasteiger partial charge in [-0.05, 0) is 29.3 Å². The molecule has 5 heteroatoms. The van der Waals surface area contributed by atoms with Crippen molar-refractivity contribution in [1.82, 2.24) is 9.88 Å². The number of pyridine rings is 1. The van der Waals surface area contributed by atoms with Gasteiger partial charge in [-0.25, -0.2) is 0 Å². The third-order valence-electron chi connectivity index (χ3n) is 3.47. The molecule has 0 spiro atoms. The lowest BCUT2D eigenvalue weighted by atomic mass is 10.2. The van der Waals surface area contributed by atoms with Crippen molar-refractivity contribution in [3.63, 3.8) is 0 Å². The quantitative estimate of drug-likeness (QED) is 0.580. The normalized spacial score (nSPS) is 10.5. The van der Waals surface area contributed by atoms with Crippen LogP contribution in [0.1, 0.15) is 17.5 Å². The van der Waals surface area contributed by atoms with Crippen molar-refractivity contribution in [2.24, 2.45) is 0 Å². The van der Waals surface area contributed by atoms with Crippen LogP contribution in [0, 0.1) is 0 Å². The summed E-state index contributed by atoms with van der Waals surface area (Å²) in [6, 6.07) is 13.3. The molecule has 0 aliphatic rings. The fraction of sp³-hybridized carbons (Fsp3) is 0.211. The van der Waals surface area contributed by atoms with E-state index >= 15 is 0 Å². The Hall–Kier alpha value is -2.95. The largest absolute Gasteiger partial charge is 0.469 e. The first-order valence-electron chi connectivity index (χ1n) is 7.67. The second-order valence-electron chi connectivity index (χ2n) is 5.19. The predicted molar refractivity (Wildman–Crippen MR) is 91.8 cm³/mol. The highest BCUT2D eigenvalue weighted by Crippen LogP contribution is 2.08. The number of ether oxygens (including phenoxy) is 1. The minimum atomic E-state index is -0.338. The van der Waals surface area contributed by atoms with Crippen LogP contribution in [-0.2, 0) is 20.9 Å². The first-order chi connectivity index (χ1) is 11.7. The van der Waals surface area contributed by atoms with Crippen molar-refractivity contribution in [3.8, 4) is 0 Å². The van der Waals surface area contributed by atoms with E-state index in [1.165, 1.54) is 13.2 Å². The van der Waals surface area contributed by atoms with Crippen LogP contribution in [0.4, 0.5) is 0 Å². The van der Waals surface area contributed by atoms with Gasteiger partial charge in [-0.3, -0.25) is 14.6 Å². The van der Waals surface area contributed by atoms with Crippen LogP contribution < -0.4 is 0 Å². The van der Waals surface area contributed by atoms with Gasteiger partial charge >= 0.3 is 5.97 Å². The Balaban J connectivity index is 2.06. The Morgan fingerprint density at radius 3 is 2.50 bits per heavy atom. The number of carbonyl (C=O) groups is 2. The number of rotatable bonds is 7. The highest BCUT2D eigenvalue weighted by atomic mass is 16.5. The second-order valence-corrected chi connectivity index (χ2v) is 5.19. The van der Waals surface area contributed by atoms with Gasteiger partial charge in [0, 0.05) is 31.6 Å². The lowest BCUT2D eigenvalue weighted by Gasteiger charge is -2.20. The minimum absolute atomic E-state index is 0.153. The molecule has 0 fully saturated rings. The van der Waals surface area contributed by atoms with Crippen LogP contribution >= 0.6 is 0 Å². The molecule has 2 rings (SSSR count). The van der Waals surface area contributed by atoms with E-state index in [9.17, 15) is 9.59 Å². The van der Waals surface area contributed by atoms with Gasteiger partial charge in [0.2, 0.25) is 5.91 Å². The second kappa shape index (κ2) is 9.25.